The Hall–Kier alpha value is -2.12. The van der Waals surface area contributed by atoms with Gasteiger partial charge in [0.1, 0.15) is 12.2 Å². The lowest BCUT2D eigenvalue weighted by atomic mass is 9.91. The largest absolute Gasteiger partial charge is 0.460 e. The highest BCUT2D eigenvalue weighted by Crippen LogP contribution is 2.45. The average Bonchev–Trinajstić information content (AvgIpc) is 3.50. The van der Waals surface area contributed by atoms with E-state index in [-0.39, 0.29) is 37.4 Å². The van der Waals surface area contributed by atoms with Crippen LogP contribution in [0.2, 0.25) is 0 Å². The van der Waals surface area contributed by atoms with Crippen LogP contribution in [0.3, 0.4) is 0 Å². The highest BCUT2D eigenvalue weighted by molar-refractivity contribution is 5.80. The molecule has 3 fully saturated rings. The molecule has 8 nitrogen and oxygen atoms in total. The first-order chi connectivity index (χ1) is 17.4. The maximum absolute atomic E-state index is 11.7. The van der Waals surface area contributed by atoms with E-state index in [2.05, 4.69) is 0 Å². The van der Waals surface area contributed by atoms with Crippen molar-refractivity contribution in [1.82, 2.24) is 0 Å². The van der Waals surface area contributed by atoms with Crippen LogP contribution in [-0.2, 0) is 38.1 Å². The smallest absolute Gasteiger partial charge is 0.344 e. The van der Waals surface area contributed by atoms with Crippen LogP contribution in [0.1, 0.15) is 112 Å². The Balaban J connectivity index is 0.000000261. The van der Waals surface area contributed by atoms with Crippen molar-refractivity contribution in [3.8, 4) is 0 Å². The van der Waals surface area contributed by atoms with Gasteiger partial charge in [-0.2, -0.15) is 0 Å². The van der Waals surface area contributed by atoms with Crippen LogP contribution < -0.4 is 0 Å². The van der Waals surface area contributed by atoms with E-state index < -0.39 is 22.8 Å². The summed E-state index contributed by atoms with van der Waals surface area (Å²) in [6, 6.07) is 0. The van der Waals surface area contributed by atoms with Crippen LogP contribution in [0.15, 0.2) is 0 Å². The molecule has 0 aromatic rings. The van der Waals surface area contributed by atoms with E-state index in [0.717, 1.165) is 38.0 Å². The molecule has 0 saturated heterocycles. The quantitative estimate of drug-likeness (QED) is 0.271. The summed E-state index contributed by atoms with van der Waals surface area (Å²) in [7, 11) is 0. The van der Waals surface area contributed by atoms with Gasteiger partial charge in [0.25, 0.3) is 0 Å². The van der Waals surface area contributed by atoms with E-state index in [4.69, 9.17) is 18.9 Å². The molecule has 0 amide bonds. The molecule has 0 aromatic carbocycles. The Bertz CT molecular complexity index is 781. The number of rotatable bonds is 10. The van der Waals surface area contributed by atoms with Crippen molar-refractivity contribution in [3.05, 3.63) is 0 Å². The summed E-state index contributed by atoms with van der Waals surface area (Å²) >= 11 is 0. The first-order valence-corrected chi connectivity index (χ1v) is 14.1. The zero-order valence-corrected chi connectivity index (χ0v) is 23.8. The molecule has 3 rings (SSSR count). The van der Waals surface area contributed by atoms with Crippen molar-refractivity contribution in [2.45, 2.75) is 124 Å². The van der Waals surface area contributed by atoms with Crippen LogP contribution in [0.5, 0.6) is 0 Å². The summed E-state index contributed by atoms with van der Waals surface area (Å²) in [4.78, 5) is 46.6. The third-order valence-electron chi connectivity index (χ3n) is 8.32. The first kappa shape index (κ1) is 31.1. The lowest BCUT2D eigenvalue weighted by Gasteiger charge is -2.23. The van der Waals surface area contributed by atoms with Crippen LogP contribution in [-0.4, -0.2) is 49.3 Å². The summed E-state index contributed by atoms with van der Waals surface area (Å²) < 4.78 is 20.7. The molecule has 8 heteroatoms. The fourth-order valence-corrected chi connectivity index (χ4v) is 4.86. The average molecular weight is 525 g/mol. The zero-order chi connectivity index (χ0) is 27.6. The monoisotopic (exact) mass is 524 g/mol. The Kier molecular flexibility index (Phi) is 11.9. The Morgan fingerprint density at radius 3 is 1.62 bits per heavy atom. The maximum Gasteiger partial charge on any atom is 0.344 e. The van der Waals surface area contributed by atoms with Gasteiger partial charge in [0, 0.05) is 0 Å². The molecule has 0 heterocycles. The van der Waals surface area contributed by atoms with E-state index in [1.165, 1.54) is 25.7 Å². The van der Waals surface area contributed by atoms with Gasteiger partial charge in [0.2, 0.25) is 0 Å². The third-order valence-corrected chi connectivity index (χ3v) is 8.32. The second kappa shape index (κ2) is 14.1. The van der Waals surface area contributed by atoms with Crippen molar-refractivity contribution < 1.29 is 38.1 Å². The van der Waals surface area contributed by atoms with Gasteiger partial charge in [-0.3, -0.25) is 9.59 Å². The molecule has 3 aliphatic rings. The molecule has 212 valence electrons. The molecule has 3 saturated carbocycles. The molecule has 2 bridgehead atoms. The van der Waals surface area contributed by atoms with Gasteiger partial charge in [-0.1, -0.05) is 20.3 Å². The van der Waals surface area contributed by atoms with E-state index in [9.17, 15) is 19.2 Å². The minimum absolute atomic E-state index is 0.0177. The van der Waals surface area contributed by atoms with Crippen molar-refractivity contribution in [1.29, 1.82) is 0 Å². The van der Waals surface area contributed by atoms with E-state index in [0.29, 0.717) is 18.8 Å². The predicted octanol–water partition coefficient (Wildman–Crippen LogP) is 5.54. The number of fused-ring (bicyclic) bond motifs is 2. The molecule has 37 heavy (non-hydrogen) atoms. The number of carbonyl (C=O) groups excluding carboxylic acids is 4. The highest BCUT2D eigenvalue weighted by Gasteiger charge is 2.41. The highest BCUT2D eigenvalue weighted by atomic mass is 16.6. The molecule has 3 aliphatic carbocycles. The molecule has 3 unspecified atom stereocenters. The number of hydrogen-bond acceptors (Lipinski definition) is 8. The second-order valence-electron chi connectivity index (χ2n) is 12.1. The van der Waals surface area contributed by atoms with Gasteiger partial charge in [-0.15, -0.1) is 0 Å². The minimum atomic E-state index is -0.537. The summed E-state index contributed by atoms with van der Waals surface area (Å²) in [6.45, 7) is 10.6. The number of esters is 4. The maximum atomic E-state index is 11.7. The molecule has 0 aliphatic heterocycles. The third kappa shape index (κ3) is 9.93. The SMILES string of the molecule is CCC(C)(C)C(=O)OCC(=O)OC1CC2CCC1C2.CCC(C)(C)C(=O)OCC(=O)OC1CCCCC1. The molecular formula is C29H48O8. The van der Waals surface area contributed by atoms with Crippen molar-refractivity contribution in [2.75, 3.05) is 13.2 Å². The fourth-order valence-electron chi connectivity index (χ4n) is 4.86. The van der Waals surface area contributed by atoms with Gasteiger partial charge >= 0.3 is 23.9 Å². The normalized spacial score (nSPS) is 23.5. The van der Waals surface area contributed by atoms with Crippen LogP contribution in [0, 0.1) is 22.7 Å². The predicted molar refractivity (Wildman–Crippen MR) is 138 cm³/mol. The number of ether oxygens (including phenoxy) is 4. The Morgan fingerprint density at radius 1 is 0.676 bits per heavy atom. The van der Waals surface area contributed by atoms with Crippen LogP contribution >= 0.6 is 0 Å². The van der Waals surface area contributed by atoms with E-state index in [1.807, 2.05) is 41.5 Å². The molecule has 0 N–H and O–H groups in total. The lowest BCUT2D eigenvalue weighted by molar-refractivity contribution is -0.168. The molecule has 0 aromatic heterocycles. The minimum Gasteiger partial charge on any atom is -0.460 e. The summed E-state index contributed by atoms with van der Waals surface area (Å²) in [5.41, 5.74) is -1.07. The van der Waals surface area contributed by atoms with Crippen molar-refractivity contribution in [2.24, 2.45) is 22.7 Å². The summed E-state index contributed by atoms with van der Waals surface area (Å²) in [5.74, 6) is -0.230. The summed E-state index contributed by atoms with van der Waals surface area (Å²) in [5, 5.41) is 0. The Labute approximate surface area is 222 Å². The summed E-state index contributed by atoms with van der Waals surface area (Å²) in [6.07, 6.45) is 11.4. The van der Waals surface area contributed by atoms with Gasteiger partial charge in [0.05, 0.1) is 10.8 Å². The topological polar surface area (TPSA) is 105 Å². The van der Waals surface area contributed by atoms with Gasteiger partial charge < -0.3 is 18.9 Å². The molecule has 3 atom stereocenters. The van der Waals surface area contributed by atoms with Crippen LogP contribution in [0.4, 0.5) is 0 Å². The van der Waals surface area contributed by atoms with Crippen molar-refractivity contribution in [3.63, 3.8) is 0 Å². The molecule has 0 radical (unpaired) electrons. The standard InChI is InChI=1S/C15H24O4.C14H24O4/c1-4-15(2,3)14(17)18-9-13(16)19-12-8-10-5-6-11(12)7-10;1-4-14(2,3)13(16)17-10-12(15)18-11-8-6-5-7-9-11/h10-12H,4-9H2,1-3H3;11H,4-10H2,1-3H3. The van der Waals surface area contributed by atoms with Crippen LogP contribution in [0.25, 0.3) is 0 Å². The lowest BCUT2D eigenvalue weighted by Crippen LogP contribution is -2.31. The van der Waals surface area contributed by atoms with Gasteiger partial charge in [-0.25, -0.2) is 9.59 Å². The number of hydrogen-bond donors (Lipinski definition) is 0. The van der Waals surface area contributed by atoms with E-state index in [1.54, 1.807) is 0 Å². The van der Waals surface area contributed by atoms with Gasteiger partial charge in [0.15, 0.2) is 13.2 Å². The first-order valence-electron chi connectivity index (χ1n) is 14.1. The molecule has 0 spiro atoms. The zero-order valence-electron chi connectivity index (χ0n) is 23.8. The fraction of sp³-hybridized carbons (Fsp3) is 0.862. The number of carbonyl (C=O) groups is 4. The van der Waals surface area contributed by atoms with Gasteiger partial charge in [-0.05, 0) is 104 Å². The van der Waals surface area contributed by atoms with E-state index >= 15 is 0 Å². The van der Waals surface area contributed by atoms with Crippen molar-refractivity contribution >= 4 is 23.9 Å². The second-order valence-corrected chi connectivity index (χ2v) is 12.1. The molecular weight excluding hydrogens is 476 g/mol. The Morgan fingerprint density at radius 2 is 1.19 bits per heavy atom.